The smallest absolute Gasteiger partial charge is 0.335 e. The van der Waals surface area contributed by atoms with Crippen molar-refractivity contribution in [3.8, 4) is 11.5 Å². The molecule has 0 spiro atoms. The molecular formula is C30H23BrN2O5. The van der Waals surface area contributed by atoms with Crippen molar-refractivity contribution in [2.75, 3.05) is 11.5 Å². The summed E-state index contributed by atoms with van der Waals surface area (Å²) in [6.45, 7) is 2.55. The molecule has 5 rings (SSSR count). The Hall–Kier alpha value is -4.43. The quantitative estimate of drug-likeness (QED) is 0.210. The minimum absolute atomic E-state index is 0.174. The molecule has 4 aromatic carbocycles. The van der Waals surface area contributed by atoms with E-state index in [9.17, 15) is 14.4 Å². The van der Waals surface area contributed by atoms with Crippen molar-refractivity contribution in [2.45, 2.75) is 13.5 Å². The molecule has 1 N–H and O–H groups in total. The number of urea groups is 1. The van der Waals surface area contributed by atoms with Crippen LogP contribution in [0.15, 0.2) is 95.0 Å². The van der Waals surface area contributed by atoms with Gasteiger partial charge in [-0.25, -0.2) is 9.69 Å². The standard InChI is InChI=1S/C30H23BrN2O5/c1-2-37-26-17-19(15-24-28(34)32-30(36)33(29(24)35)22-12-4-3-5-13-22)16-25(31)27(26)38-18-21-11-8-10-20-9-6-7-14-23(20)21/h3-17H,2,18H2,1H3,(H,32,34,36)/b24-15+. The minimum Gasteiger partial charge on any atom is -0.490 e. The predicted molar refractivity (Wildman–Crippen MR) is 149 cm³/mol. The number of rotatable bonds is 7. The van der Waals surface area contributed by atoms with Crippen LogP contribution in [0.3, 0.4) is 0 Å². The molecule has 4 amide bonds. The molecule has 1 fully saturated rings. The monoisotopic (exact) mass is 570 g/mol. The fourth-order valence-electron chi connectivity index (χ4n) is 4.28. The Morgan fingerprint density at radius 2 is 1.63 bits per heavy atom. The topological polar surface area (TPSA) is 84.9 Å². The molecule has 7 nitrogen and oxygen atoms in total. The Bertz CT molecular complexity index is 1580. The molecule has 1 saturated heterocycles. The van der Waals surface area contributed by atoms with Gasteiger partial charge in [-0.1, -0.05) is 60.7 Å². The van der Waals surface area contributed by atoms with E-state index in [0.29, 0.717) is 40.4 Å². The van der Waals surface area contributed by atoms with Crippen LogP contribution in [0.25, 0.3) is 16.8 Å². The first-order valence-corrected chi connectivity index (χ1v) is 12.8. The molecule has 8 heteroatoms. The van der Waals surface area contributed by atoms with Crippen LogP contribution >= 0.6 is 15.9 Å². The first-order valence-electron chi connectivity index (χ1n) is 12.0. The summed E-state index contributed by atoms with van der Waals surface area (Å²) in [5.74, 6) is -0.524. The highest BCUT2D eigenvalue weighted by molar-refractivity contribution is 9.10. The molecule has 0 atom stereocenters. The number of halogens is 1. The van der Waals surface area contributed by atoms with Crippen LogP contribution in [-0.2, 0) is 16.2 Å². The average molecular weight is 571 g/mol. The molecule has 1 aliphatic heterocycles. The second-order valence-electron chi connectivity index (χ2n) is 8.48. The molecule has 0 radical (unpaired) electrons. The number of nitrogens with zero attached hydrogens (tertiary/aromatic N) is 1. The Labute approximate surface area is 227 Å². The molecule has 0 aromatic heterocycles. The van der Waals surface area contributed by atoms with Gasteiger partial charge in [-0.05, 0) is 75.1 Å². The zero-order valence-corrected chi connectivity index (χ0v) is 22.0. The first-order chi connectivity index (χ1) is 18.5. The lowest BCUT2D eigenvalue weighted by Crippen LogP contribution is -2.54. The van der Waals surface area contributed by atoms with Gasteiger partial charge in [0.05, 0.1) is 16.8 Å². The Kier molecular flexibility index (Phi) is 7.24. The van der Waals surface area contributed by atoms with Crippen molar-refractivity contribution >= 4 is 56.3 Å². The second kappa shape index (κ2) is 10.9. The number of fused-ring (bicyclic) bond motifs is 1. The van der Waals surface area contributed by atoms with Crippen LogP contribution < -0.4 is 19.7 Å². The molecule has 0 unspecified atom stereocenters. The third kappa shape index (κ3) is 5.03. The van der Waals surface area contributed by atoms with Crippen molar-refractivity contribution in [1.29, 1.82) is 0 Å². The number of ether oxygens (including phenoxy) is 2. The summed E-state index contributed by atoms with van der Waals surface area (Å²) < 4.78 is 12.6. The second-order valence-corrected chi connectivity index (χ2v) is 9.34. The fraction of sp³-hybridized carbons (Fsp3) is 0.100. The molecule has 0 saturated carbocycles. The van der Waals surface area contributed by atoms with E-state index in [4.69, 9.17) is 9.47 Å². The van der Waals surface area contributed by atoms with E-state index in [1.54, 1.807) is 42.5 Å². The number of para-hydroxylation sites is 1. The lowest BCUT2D eigenvalue weighted by Gasteiger charge is -2.26. The highest BCUT2D eigenvalue weighted by Crippen LogP contribution is 2.38. The number of hydrogen-bond acceptors (Lipinski definition) is 5. The number of carbonyl (C=O) groups is 3. The Morgan fingerprint density at radius 1 is 0.895 bits per heavy atom. The van der Waals surface area contributed by atoms with E-state index >= 15 is 0 Å². The Balaban J connectivity index is 1.46. The van der Waals surface area contributed by atoms with Crippen molar-refractivity contribution < 1.29 is 23.9 Å². The summed E-state index contributed by atoms with van der Waals surface area (Å²) in [4.78, 5) is 39.2. The number of carbonyl (C=O) groups excluding carboxylic acids is 3. The maximum atomic E-state index is 13.2. The van der Waals surface area contributed by atoms with Crippen LogP contribution in [0, 0.1) is 0 Å². The molecule has 1 aliphatic rings. The van der Waals surface area contributed by atoms with Gasteiger partial charge < -0.3 is 9.47 Å². The predicted octanol–water partition coefficient (Wildman–Crippen LogP) is 6.25. The van der Waals surface area contributed by atoms with Gasteiger partial charge >= 0.3 is 6.03 Å². The van der Waals surface area contributed by atoms with Gasteiger partial charge in [-0.3, -0.25) is 14.9 Å². The summed E-state index contributed by atoms with van der Waals surface area (Å²) >= 11 is 3.56. The van der Waals surface area contributed by atoms with Gasteiger partial charge in [0.1, 0.15) is 12.2 Å². The minimum atomic E-state index is -0.795. The van der Waals surface area contributed by atoms with Gasteiger partial charge in [0.25, 0.3) is 11.8 Å². The first kappa shape index (κ1) is 25.2. The number of amides is 4. The maximum Gasteiger partial charge on any atom is 0.335 e. The van der Waals surface area contributed by atoms with Crippen LogP contribution in [0.5, 0.6) is 11.5 Å². The molecule has 190 valence electrons. The summed E-state index contributed by atoms with van der Waals surface area (Å²) in [5.41, 5.74) is 1.74. The Morgan fingerprint density at radius 3 is 2.42 bits per heavy atom. The third-order valence-corrected chi connectivity index (χ3v) is 6.60. The van der Waals surface area contributed by atoms with E-state index in [-0.39, 0.29) is 5.57 Å². The lowest BCUT2D eigenvalue weighted by molar-refractivity contribution is -0.122. The fourth-order valence-corrected chi connectivity index (χ4v) is 4.85. The molecule has 38 heavy (non-hydrogen) atoms. The molecule has 0 bridgehead atoms. The number of imide groups is 2. The maximum absolute atomic E-state index is 13.2. The lowest BCUT2D eigenvalue weighted by atomic mass is 10.1. The van der Waals surface area contributed by atoms with Crippen LogP contribution in [0.2, 0.25) is 0 Å². The van der Waals surface area contributed by atoms with Gasteiger partial charge in [0, 0.05) is 0 Å². The molecule has 0 aliphatic carbocycles. The van der Waals surface area contributed by atoms with Gasteiger partial charge in [0.2, 0.25) is 0 Å². The average Bonchev–Trinajstić information content (AvgIpc) is 2.91. The molecule has 4 aromatic rings. The zero-order chi connectivity index (χ0) is 26.6. The zero-order valence-electron chi connectivity index (χ0n) is 20.4. The van der Waals surface area contributed by atoms with Crippen molar-refractivity contribution in [2.24, 2.45) is 0 Å². The van der Waals surface area contributed by atoms with Crippen LogP contribution in [0.1, 0.15) is 18.1 Å². The summed E-state index contributed by atoms with van der Waals surface area (Å²) in [6, 6.07) is 25.2. The summed E-state index contributed by atoms with van der Waals surface area (Å²) in [5, 5.41) is 4.46. The van der Waals surface area contributed by atoms with Crippen LogP contribution in [0.4, 0.5) is 10.5 Å². The van der Waals surface area contributed by atoms with Crippen molar-refractivity contribution in [1.82, 2.24) is 5.32 Å². The number of hydrogen-bond donors (Lipinski definition) is 1. The van der Waals surface area contributed by atoms with Crippen molar-refractivity contribution in [3.63, 3.8) is 0 Å². The normalized spacial score (nSPS) is 14.6. The van der Waals surface area contributed by atoms with E-state index in [2.05, 4.69) is 39.4 Å². The van der Waals surface area contributed by atoms with E-state index in [1.165, 1.54) is 6.08 Å². The number of barbiturate groups is 1. The van der Waals surface area contributed by atoms with Crippen molar-refractivity contribution in [3.05, 3.63) is 106 Å². The number of benzene rings is 4. The SMILES string of the molecule is CCOc1cc(/C=C2\C(=O)NC(=O)N(c3ccccc3)C2=O)cc(Br)c1OCc1cccc2ccccc12. The van der Waals surface area contributed by atoms with E-state index < -0.39 is 17.8 Å². The van der Waals surface area contributed by atoms with Crippen LogP contribution in [-0.4, -0.2) is 24.5 Å². The molecular weight excluding hydrogens is 548 g/mol. The summed E-state index contributed by atoms with van der Waals surface area (Å²) in [6.07, 6.45) is 1.43. The number of anilines is 1. The van der Waals surface area contributed by atoms with E-state index in [0.717, 1.165) is 21.2 Å². The van der Waals surface area contributed by atoms with Gasteiger partial charge in [0.15, 0.2) is 11.5 Å². The largest absolute Gasteiger partial charge is 0.490 e. The highest BCUT2D eigenvalue weighted by Gasteiger charge is 2.36. The number of nitrogens with one attached hydrogen (secondary N) is 1. The third-order valence-electron chi connectivity index (χ3n) is 6.01. The highest BCUT2D eigenvalue weighted by atomic mass is 79.9. The van der Waals surface area contributed by atoms with Gasteiger partial charge in [-0.2, -0.15) is 0 Å². The summed E-state index contributed by atoms with van der Waals surface area (Å²) in [7, 11) is 0. The molecule has 1 heterocycles. The van der Waals surface area contributed by atoms with Gasteiger partial charge in [-0.15, -0.1) is 0 Å². The van der Waals surface area contributed by atoms with E-state index in [1.807, 2.05) is 31.2 Å².